The Kier molecular flexibility index (Phi) is 6.57. The first kappa shape index (κ1) is 15.1. The van der Waals surface area contributed by atoms with Gasteiger partial charge in [-0.2, -0.15) is 0 Å². The Hall–Kier alpha value is -1.91. The minimum atomic E-state index is -0.856. The molecule has 1 aromatic carbocycles. The number of carboxylic acid groups (broad SMARTS) is 1. The Morgan fingerprint density at radius 1 is 1.11 bits per heavy atom. The van der Waals surface area contributed by atoms with Gasteiger partial charge >= 0.3 is 5.97 Å². The van der Waals surface area contributed by atoms with Gasteiger partial charge in [-0.3, -0.25) is 9.59 Å². The molecule has 1 rings (SSSR count). The number of amides is 1. The highest BCUT2D eigenvalue weighted by atomic mass is 19.1. The van der Waals surface area contributed by atoms with E-state index in [0.717, 1.165) is 12.0 Å². The smallest absolute Gasteiger partial charge is 0.303 e. The Bertz CT molecular complexity index is 417. The van der Waals surface area contributed by atoms with E-state index in [-0.39, 0.29) is 18.1 Å². The molecule has 0 aliphatic rings. The van der Waals surface area contributed by atoms with Gasteiger partial charge in [0.2, 0.25) is 5.91 Å². The lowest BCUT2D eigenvalue weighted by Gasteiger charge is -2.04. The molecule has 0 heterocycles. The summed E-state index contributed by atoms with van der Waals surface area (Å²) in [4.78, 5) is 21.7. The summed E-state index contributed by atoms with van der Waals surface area (Å²) in [5.74, 6) is -1.20. The number of carbonyl (C=O) groups excluding carboxylic acids is 1. The van der Waals surface area contributed by atoms with Crippen molar-refractivity contribution in [2.45, 2.75) is 32.1 Å². The quantitative estimate of drug-likeness (QED) is 0.709. The number of nitrogens with one attached hydrogen (secondary N) is 1. The van der Waals surface area contributed by atoms with Crippen molar-refractivity contribution in [1.82, 2.24) is 5.32 Å². The van der Waals surface area contributed by atoms with E-state index in [1.165, 1.54) is 12.1 Å². The van der Waals surface area contributed by atoms with Crippen LogP contribution in [0.3, 0.4) is 0 Å². The van der Waals surface area contributed by atoms with Crippen molar-refractivity contribution in [3.8, 4) is 0 Å². The van der Waals surface area contributed by atoms with Crippen molar-refractivity contribution in [3.63, 3.8) is 0 Å². The fourth-order valence-electron chi connectivity index (χ4n) is 1.66. The number of hydrogen-bond donors (Lipinski definition) is 2. The maximum Gasteiger partial charge on any atom is 0.303 e. The number of hydrogen-bond acceptors (Lipinski definition) is 2. The first-order valence-corrected chi connectivity index (χ1v) is 6.31. The number of carboxylic acids is 1. The molecule has 0 radical (unpaired) electrons. The molecule has 4 nitrogen and oxygen atoms in total. The number of aliphatic carboxylic acids is 1. The molecule has 0 fully saturated rings. The number of benzene rings is 1. The van der Waals surface area contributed by atoms with Crippen LogP contribution in [0, 0.1) is 5.82 Å². The van der Waals surface area contributed by atoms with Gasteiger partial charge in [-0.1, -0.05) is 12.1 Å². The normalized spacial score (nSPS) is 10.2. The average Bonchev–Trinajstić information content (AvgIpc) is 2.37. The third-order valence-electron chi connectivity index (χ3n) is 2.67. The lowest BCUT2D eigenvalue weighted by Crippen LogP contribution is -2.24. The molecule has 2 N–H and O–H groups in total. The lowest BCUT2D eigenvalue weighted by atomic mass is 10.1. The van der Waals surface area contributed by atoms with Crippen molar-refractivity contribution in [1.29, 1.82) is 0 Å². The summed E-state index contributed by atoms with van der Waals surface area (Å²) in [6.07, 6.45) is 2.32. The summed E-state index contributed by atoms with van der Waals surface area (Å²) in [5.41, 5.74) is 1.00. The second kappa shape index (κ2) is 8.24. The first-order chi connectivity index (χ1) is 9.08. The highest BCUT2D eigenvalue weighted by Gasteiger charge is 2.02. The number of halogens is 1. The van der Waals surface area contributed by atoms with E-state index in [0.29, 0.717) is 25.8 Å². The molecular formula is C14H18FNO3. The van der Waals surface area contributed by atoms with Crippen LogP contribution >= 0.6 is 0 Å². The molecule has 0 saturated carbocycles. The molecule has 0 unspecified atom stereocenters. The molecular weight excluding hydrogens is 249 g/mol. The van der Waals surface area contributed by atoms with Gasteiger partial charge in [0.25, 0.3) is 0 Å². The van der Waals surface area contributed by atoms with E-state index in [2.05, 4.69) is 5.32 Å². The monoisotopic (exact) mass is 267 g/mol. The molecule has 0 spiro atoms. The predicted molar refractivity (Wildman–Crippen MR) is 69.2 cm³/mol. The fraction of sp³-hybridized carbons (Fsp3) is 0.429. The maximum absolute atomic E-state index is 12.7. The van der Waals surface area contributed by atoms with Gasteiger partial charge in [-0.05, 0) is 37.0 Å². The third kappa shape index (κ3) is 7.18. The summed E-state index contributed by atoms with van der Waals surface area (Å²) in [6, 6.07) is 6.23. The molecule has 104 valence electrons. The first-order valence-electron chi connectivity index (χ1n) is 6.31. The van der Waals surface area contributed by atoms with Crippen molar-refractivity contribution >= 4 is 11.9 Å². The Balaban J connectivity index is 2.10. The number of carbonyl (C=O) groups is 2. The molecule has 1 amide bonds. The van der Waals surface area contributed by atoms with Crippen LogP contribution < -0.4 is 5.32 Å². The van der Waals surface area contributed by atoms with Crippen LogP contribution in [0.15, 0.2) is 24.3 Å². The molecule has 0 atom stereocenters. The van der Waals surface area contributed by atoms with Crippen LogP contribution in [0.1, 0.15) is 31.2 Å². The van der Waals surface area contributed by atoms with E-state index in [4.69, 9.17) is 5.11 Å². The molecule has 19 heavy (non-hydrogen) atoms. The van der Waals surface area contributed by atoms with Crippen LogP contribution in [0.5, 0.6) is 0 Å². The van der Waals surface area contributed by atoms with Gasteiger partial charge in [0.05, 0.1) is 0 Å². The van der Waals surface area contributed by atoms with E-state index >= 15 is 0 Å². The second-order valence-electron chi connectivity index (χ2n) is 4.33. The zero-order chi connectivity index (χ0) is 14.1. The van der Waals surface area contributed by atoms with Gasteiger partial charge in [-0.25, -0.2) is 4.39 Å². The van der Waals surface area contributed by atoms with Crippen molar-refractivity contribution in [3.05, 3.63) is 35.6 Å². The van der Waals surface area contributed by atoms with E-state index < -0.39 is 5.97 Å². The highest BCUT2D eigenvalue weighted by Crippen LogP contribution is 2.06. The van der Waals surface area contributed by atoms with E-state index in [9.17, 15) is 14.0 Å². The predicted octanol–water partition coefficient (Wildman–Crippen LogP) is 2.13. The number of rotatable bonds is 8. The molecule has 0 bridgehead atoms. The zero-order valence-corrected chi connectivity index (χ0v) is 10.7. The summed E-state index contributed by atoms with van der Waals surface area (Å²) in [5, 5.41) is 11.1. The number of aryl methyl sites for hydroxylation is 1. The molecule has 0 aliphatic heterocycles. The largest absolute Gasteiger partial charge is 0.481 e. The Morgan fingerprint density at radius 2 is 1.79 bits per heavy atom. The minimum absolute atomic E-state index is 0.0653. The van der Waals surface area contributed by atoms with Crippen LogP contribution in [-0.2, 0) is 16.0 Å². The Labute approximate surface area is 111 Å². The summed E-state index contributed by atoms with van der Waals surface area (Å²) >= 11 is 0. The van der Waals surface area contributed by atoms with Gasteiger partial charge in [-0.15, -0.1) is 0 Å². The molecule has 0 aromatic heterocycles. The second-order valence-corrected chi connectivity index (χ2v) is 4.33. The maximum atomic E-state index is 12.7. The van der Waals surface area contributed by atoms with Gasteiger partial charge in [0.15, 0.2) is 0 Å². The SMILES string of the molecule is O=C(O)CCCNC(=O)CCCc1ccc(F)cc1. The van der Waals surface area contributed by atoms with Crippen LogP contribution in [0.2, 0.25) is 0 Å². The van der Waals surface area contributed by atoms with E-state index in [1.54, 1.807) is 12.1 Å². The van der Waals surface area contributed by atoms with Gasteiger partial charge in [0, 0.05) is 19.4 Å². The van der Waals surface area contributed by atoms with Crippen molar-refractivity contribution in [2.24, 2.45) is 0 Å². The standard InChI is InChI=1S/C14H18FNO3/c15-12-8-6-11(7-9-12)3-1-4-13(17)16-10-2-5-14(18)19/h6-9H,1-5,10H2,(H,16,17)(H,18,19). The highest BCUT2D eigenvalue weighted by molar-refractivity contribution is 5.75. The van der Waals surface area contributed by atoms with Crippen LogP contribution in [-0.4, -0.2) is 23.5 Å². The minimum Gasteiger partial charge on any atom is -0.481 e. The summed E-state index contributed by atoms with van der Waals surface area (Å²) in [6.45, 7) is 0.391. The van der Waals surface area contributed by atoms with Crippen LogP contribution in [0.4, 0.5) is 4.39 Å². The molecule has 0 aliphatic carbocycles. The lowest BCUT2D eigenvalue weighted by molar-refractivity contribution is -0.137. The summed E-state index contributed by atoms with van der Waals surface area (Å²) < 4.78 is 12.7. The molecule has 5 heteroatoms. The van der Waals surface area contributed by atoms with Gasteiger partial charge < -0.3 is 10.4 Å². The van der Waals surface area contributed by atoms with Crippen molar-refractivity contribution in [2.75, 3.05) is 6.54 Å². The third-order valence-corrected chi connectivity index (χ3v) is 2.67. The van der Waals surface area contributed by atoms with E-state index in [1.807, 2.05) is 0 Å². The molecule has 0 saturated heterocycles. The van der Waals surface area contributed by atoms with Gasteiger partial charge in [0.1, 0.15) is 5.82 Å². The van der Waals surface area contributed by atoms with Crippen LogP contribution in [0.25, 0.3) is 0 Å². The van der Waals surface area contributed by atoms with Crippen molar-refractivity contribution < 1.29 is 19.1 Å². The topological polar surface area (TPSA) is 66.4 Å². The Morgan fingerprint density at radius 3 is 2.42 bits per heavy atom. The summed E-state index contributed by atoms with van der Waals surface area (Å²) in [7, 11) is 0. The zero-order valence-electron chi connectivity index (χ0n) is 10.7. The fourth-order valence-corrected chi connectivity index (χ4v) is 1.66. The molecule has 1 aromatic rings. The average molecular weight is 267 g/mol.